The molecule has 9 aromatic carbocycles. The van der Waals surface area contributed by atoms with E-state index in [0.717, 1.165) is 108 Å². The average Bonchev–Trinajstić information content (AvgIpc) is 0.801. The number of unbranched alkanes of at least 4 members (excludes halogenated alkanes) is 7. The Balaban J connectivity index is 0.000000198. The van der Waals surface area contributed by atoms with Crippen LogP contribution in [0, 0.1) is 23.7 Å². The molecule has 0 bridgehead atoms. The molecule has 0 amide bonds. The zero-order chi connectivity index (χ0) is 86.2. The van der Waals surface area contributed by atoms with Crippen LogP contribution in [0.15, 0.2) is 212 Å². The topological polar surface area (TPSA) is 241 Å². The molecular formula is C103H125N9O10. The molecule has 0 aliphatic heterocycles. The Bertz CT molecular complexity index is 4860. The van der Waals surface area contributed by atoms with Crippen LogP contribution in [0.2, 0.25) is 0 Å². The van der Waals surface area contributed by atoms with Gasteiger partial charge in [0.1, 0.15) is 57.5 Å². The molecule has 12 rings (SSSR count). The van der Waals surface area contributed by atoms with Gasteiger partial charge < -0.3 is 48.5 Å². The molecule has 0 fully saturated rings. The highest BCUT2D eigenvalue weighted by atomic mass is 16.5. The standard InChI is InChI=1S/C45H63N3O4.C31H35N3O4.C27H27N3O2/c1-7-13-16-33(10-4)30-50-38-23-19-36(20-24-38)43-46-44(37-21-25-39(26-22-37)51-31-34(11-5)17-14-8-2)48-45(47-43)41-28-27-40(29-42(41)49)52-32-35(12-6)18-15-9-3;1-5-7-8-21(6-2)20-38-26-17-18-27(28(35)19-26)31-33-29(22-9-13-24(36-3)14-10-22)32-30(34-31)23-11-15-25(37-4)16-12-23;1-2-3-4-11-18-32-22-16-17-23(24(31)19-22)27-29-25(20-12-7-5-8-13-20)28-26(30-27)21-14-9-6-10-15-21/h19-29,33-35,49H,7-18,30-32H2,1-6H3;9-19,21,35H,5-8,20H2,1-4H3;5-10,12-17,19,31H,2-4,11,18H2,1H3. The van der Waals surface area contributed by atoms with Crippen LogP contribution in [0.4, 0.5) is 0 Å². The Morgan fingerprint density at radius 1 is 0.238 bits per heavy atom. The number of aromatic nitrogens is 9. The first-order valence-corrected chi connectivity index (χ1v) is 44.2. The number of hydrogen-bond donors (Lipinski definition) is 3. The lowest BCUT2D eigenvalue weighted by Crippen LogP contribution is -2.11. The number of phenolic OH excluding ortho intramolecular Hbond substituents is 3. The first-order valence-electron chi connectivity index (χ1n) is 44.2. The molecule has 642 valence electrons. The molecule has 4 unspecified atom stereocenters. The molecule has 3 N–H and O–H groups in total. The number of nitrogens with zero attached hydrogens (tertiary/aromatic N) is 9. The van der Waals surface area contributed by atoms with E-state index in [-0.39, 0.29) is 17.2 Å². The predicted molar refractivity (Wildman–Crippen MR) is 491 cm³/mol. The maximum atomic E-state index is 11.2. The molecule has 0 saturated heterocycles. The van der Waals surface area contributed by atoms with Crippen molar-refractivity contribution < 1.29 is 48.5 Å². The predicted octanol–water partition coefficient (Wildman–Crippen LogP) is 26.1. The van der Waals surface area contributed by atoms with E-state index in [1.54, 1.807) is 44.6 Å². The van der Waals surface area contributed by atoms with E-state index in [4.69, 9.17) is 63.1 Å². The van der Waals surface area contributed by atoms with Crippen LogP contribution in [0.3, 0.4) is 0 Å². The molecule has 3 aromatic heterocycles. The van der Waals surface area contributed by atoms with Gasteiger partial charge in [-0.25, -0.2) is 44.9 Å². The first kappa shape index (κ1) is 92.3. The number of hydrogen-bond acceptors (Lipinski definition) is 19. The Labute approximate surface area is 723 Å². The van der Waals surface area contributed by atoms with E-state index in [1.807, 2.05) is 182 Å². The van der Waals surface area contributed by atoms with Crippen molar-refractivity contribution in [2.45, 2.75) is 191 Å². The minimum Gasteiger partial charge on any atom is -0.507 e. The molecule has 19 heteroatoms. The van der Waals surface area contributed by atoms with Crippen LogP contribution in [-0.2, 0) is 0 Å². The van der Waals surface area contributed by atoms with Crippen LogP contribution < -0.4 is 33.2 Å². The number of benzene rings is 9. The largest absolute Gasteiger partial charge is 0.507 e. The van der Waals surface area contributed by atoms with Crippen molar-refractivity contribution in [3.63, 3.8) is 0 Å². The van der Waals surface area contributed by atoms with E-state index in [1.165, 1.54) is 77.0 Å². The lowest BCUT2D eigenvalue weighted by Gasteiger charge is -2.16. The van der Waals surface area contributed by atoms with Crippen LogP contribution in [0.1, 0.15) is 191 Å². The fourth-order valence-corrected chi connectivity index (χ4v) is 13.9. The van der Waals surface area contributed by atoms with Crippen molar-refractivity contribution >= 4 is 0 Å². The van der Waals surface area contributed by atoms with Gasteiger partial charge in [-0.15, -0.1) is 0 Å². The quantitative estimate of drug-likeness (QED) is 0.0301. The second kappa shape index (κ2) is 49.7. The monoisotopic (exact) mass is 1650 g/mol. The van der Waals surface area contributed by atoms with Crippen LogP contribution in [0.5, 0.6) is 57.5 Å². The summed E-state index contributed by atoms with van der Waals surface area (Å²) in [5.74, 6) is 11.7. The number of rotatable bonds is 45. The second-order valence-corrected chi connectivity index (χ2v) is 31.0. The highest BCUT2D eigenvalue weighted by Crippen LogP contribution is 2.39. The summed E-state index contributed by atoms with van der Waals surface area (Å²) >= 11 is 0. The number of ether oxygens (including phenoxy) is 7. The third-order valence-electron chi connectivity index (χ3n) is 21.9. The lowest BCUT2D eigenvalue weighted by molar-refractivity contribution is 0.232. The van der Waals surface area contributed by atoms with E-state index in [0.29, 0.717) is 143 Å². The summed E-state index contributed by atoms with van der Waals surface area (Å²) in [5.41, 5.74) is 6.63. The second-order valence-electron chi connectivity index (χ2n) is 31.0. The number of phenols is 3. The van der Waals surface area contributed by atoms with Crippen LogP contribution in [0.25, 0.3) is 102 Å². The van der Waals surface area contributed by atoms with E-state index in [9.17, 15) is 15.3 Å². The van der Waals surface area contributed by atoms with Crippen molar-refractivity contribution in [3.05, 3.63) is 212 Å². The highest BCUT2D eigenvalue weighted by molar-refractivity contribution is 5.74. The minimum atomic E-state index is 0.0525. The summed E-state index contributed by atoms with van der Waals surface area (Å²) < 4.78 is 40.9. The molecule has 122 heavy (non-hydrogen) atoms. The van der Waals surface area contributed by atoms with Gasteiger partial charge in [-0.2, -0.15) is 0 Å². The summed E-state index contributed by atoms with van der Waals surface area (Å²) in [6.45, 7) is 23.2. The summed E-state index contributed by atoms with van der Waals surface area (Å²) in [5, 5.41) is 32.9. The Kier molecular flexibility index (Phi) is 37.6. The Hall–Kier alpha value is -12.0. The van der Waals surface area contributed by atoms with Crippen molar-refractivity contribution in [3.8, 4) is 160 Å². The lowest BCUT2D eigenvalue weighted by atomic mass is 10.0. The smallest absolute Gasteiger partial charge is 0.167 e. The van der Waals surface area contributed by atoms with Crippen molar-refractivity contribution in [2.75, 3.05) is 47.3 Å². The number of methoxy groups -OCH3 is 2. The maximum absolute atomic E-state index is 11.2. The molecule has 4 atom stereocenters. The van der Waals surface area contributed by atoms with Gasteiger partial charge in [-0.1, -0.05) is 219 Å². The molecule has 12 aromatic rings. The van der Waals surface area contributed by atoms with E-state index in [2.05, 4.69) is 77.3 Å². The SMILES string of the molecule is CCCCC(CC)COc1ccc(-c2nc(-c3ccc(OC)cc3)nc(-c3ccc(OC)cc3)n2)c(O)c1.CCCCC(CC)COc1ccc(-c2nc(-c3ccc(OCC(CC)CCCC)cc3)nc(-c3ccc(OCC(CC)CCCC)cc3O)n2)cc1.CCCCCCOc1ccc(-c2nc(-c3ccccc3)nc(-c3ccccc3)n2)c(O)c1. The van der Waals surface area contributed by atoms with Gasteiger partial charge in [-0.3, -0.25) is 0 Å². The van der Waals surface area contributed by atoms with Gasteiger partial charge in [0.15, 0.2) is 52.4 Å². The van der Waals surface area contributed by atoms with Crippen molar-refractivity contribution in [2.24, 2.45) is 23.7 Å². The van der Waals surface area contributed by atoms with E-state index >= 15 is 0 Å². The fourth-order valence-electron chi connectivity index (χ4n) is 13.9. The Morgan fingerprint density at radius 3 is 0.730 bits per heavy atom. The van der Waals surface area contributed by atoms with Crippen LogP contribution >= 0.6 is 0 Å². The molecular weight excluding hydrogens is 1520 g/mol. The molecule has 3 heterocycles. The Morgan fingerprint density at radius 2 is 0.475 bits per heavy atom. The maximum Gasteiger partial charge on any atom is 0.167 e. The molecule has 0 saturated carbocycles. The van der Waals surface area contributed by atoms with Gasteiger partial charge in [0.25, 0.3) is 0 Å². The van der Waals surface area contributed by atoms with Crippen LogP contribution in [-0.4, -0.2) is 107 Å². The zero-order valence-corrected chi connectivity index (χ0v) is 73.4. The minimum absolute atomic E-state index is 0.0525. The molecule has 0 aliphatic carbocycles. The van der Waals surface area contributed by atoms with Gasteiger partial charge in [0.2, 0.25) is 0 Å². The summed E-state index contributed by atoms with van der Waals surface area (Å²) in [6, 6.07) is 66.4. The van der Waals surface area contributed by atoms with Gasteiger partial charge in [0.05, 0.1) is 63.9 Å². The van der Waals surface area contributed by atoms with Gasteiger partial charge in [0, 0.05) is 51.6 Å². The van der Waals surface area contributed by atoms with E-state index < -0.39 is 0 Å². The molecule has 0 aliphatic rings. The summed E-state index contributed by atoms with van der Waals surface area (Å²) in [7, 11) is 3.25. The average molecular weight is 1650 g/mol. The normalized spacial score (nSPS) is 12.0. The third kappa shape index (κ3) is 28.0. The highest BCUT2D eigenvalue weighted by Gasteiger charge is 2.22. The van der Waals surface area contributed by atoms with Gasteiger partial charge in [-0.05, 0) is 189 Å². The van der Waals surface area contributed by atoms with Gasteiger partial charge >= 0.3 is 0 Å². The summed E-state index contributed by atoms with van der Waals surface area (Å²) in [4.78, 5) is 42.8. The molecule has 19 nitrogen and oxygen atoms in total. The number of aromatic hydroxyl groups is 3. The zero-order valence-electron chi connectivity index (χ0n) is 73.4. The fraction of sp³-hybridized carbons (Fsp3) is 0.388. The summed E-state index contributed by atoms with van der Waals surface area (Å²) in [6.07, 6.45) is 23.1. The molecule has 0 radical (unpaired) electrons. The first-order chi connectivity index (χ1) is 59.7. The molecule has 0 spiro atoms. The third-order valence-corrected chi connectivity index (χ3v) is 21.9. The van der Waals surface area contributed by atoms with Crippen molar-refractivity contribution in [1.29, 1.82) is 0 Å². The van der Waals surface area contributed by atoms with Crippen molar-refractivity contribution in [1.82, 2.24) is 44.9 Å².